The number of nitrogens with two attached hydrogens (primary N) is 1. The third kappa shape index (κ3) is 3.14. The quantitative estimate of drug-likeness (QED) is 0.627. The normalized spacial score (nSPS) is 36.6. The first-order valence-electron chi connectivity index (χ1n) is 12.0. The summed E-state index contributed by atoms with van der Waals surface area (Å²) in [6.45, 7) is 3.81. The van der Waals surface area contributed by atoms with Gasteiger partial charge in [0.15, 0.2) is 5.79 Å². The van der Waals surface area contributed by atoms with Gasteiger partial charge in [0.05, 0.1) is 13.2 Å². The summed E-state index contributed by atoms with van der Waals surface area (Å²) in [7, 11) is 0. The molecule has 6 rings (SSSR count). The second kappa shape index (κ2) is 7.05. The molecule has 3 saturated carbocycles. The van der Waals surface area contributed by atoms with Crippen molar-refractivity contribution in [2.45, 2.75) is 70.0 Å². The van der Waals surface area contributed by atoms with Crippen LogP contribution < -0.4 is 5.73 Å². The van der Waals surface area contributed by atoms with Crippen molar-refractivity contribution >= 4 is 11.5 Å². The number of hydrogen-bond acceptors (Lipinski definition) is 4. The van der Waals surface area contributed by atoms with E-state index in [1.165, 1.54) is 11.1 Å². The van der Waals surface area contributed by atoms with Crippen molar-refractivity contribution in [2.75, 3.05) is 18.9 Å². The van der Waals surface area contributed by atoms with Gasteiger partial charge < -0.3 is 15.2 Å². The number of anilines is 1. The lowest BCUT2D eigenvalue weighted by atomic mass is 9.49. The number of allylic oxidation sites excluding steroid dienone is 3. The molecule has 4 nitrogen and oxygen atoms in total. The van der Waals surface area contributed by atoms with Gasteiger partial charge in [-0.15, -0.1) is 0 Å². The fourth-order valence-electron chi connectivity index (χ4n) is 7.55. The van der Waals surface area contributed by atoms with Gasteiger partial charge in [-0.25, -0.2) is 0 Å². The minimum atomic E-state index is -0.389. The molecular formula is C27H33NO3. The van der Waals surface area contributed by atoms with E-state index >= 15 is 0 Å². The summed E-state index contributed by atoms with van der Waals surface area (Å²) < 4.78 is 12.1. The fourth-order valence-corrected chi connectivity index (χ4v) is 7.55. The highest BCUT2D eigenvalue weighted by Crippen LogP contribution is 2.62. The number of rotatable bonds is 1. The van der Waals surface area contributed by atoms with Crippen LogP contribution in [0.4, 0.5) is 5.69 Å². The fraction of sp³-hybridized carbons (Fsp3) is 0.593. The van der Waals surface area contributed by atoms with Crippen molar-refractivity contribution in [1.29, 1.82) is 0 Å². The summed E-state index contributed by atoms with van der Waals surface area (Å²) in [5.41, 5.74) is 13.0. The van der Waals surface area contributed by atoms with Crippen LogP contribution in [0.1, 0.15) is 69.8 Å². The van der Waals surface area contributed by atoms with Crippen molar-refractivity contribution in [3.63, 3.8) is 0 Å². The molecule has 5 aliphatic rings. The Labute approximate surface area is 184 Å². The molecule has 0 bridgehead atoms. The number of hydrogen-bond donors (Lipinski definition) is 1. The Hall–Kier alpha value is -1.91. The number of ether oxygens (including phenoxy) is 2. The van der Waals surface area contributed by atoms with Gasteiger partial charge >= 0.3 is 0 Å². The monoisotopic (exact) mass is 419 g/mol. The van der Waals surface area contributed by atoms with Gasteiger partial charge in [-0.1, -0.05) is 30.7 Å². The van der Waals surface area contributed by atoms with E-state index < -0.39 is 0 Å². The molecule has 4 atom stereocenters. The van der Waals surface area contributed by atoms with Crippen LogP contribution in [0, 0.1) is 17.3 Å². The van der Waals surface area contributed by atoms with Crippen LogP contribution in [0.2, 0.25) is 0 Å². The SMILES string of the molecule is CC12CC(=O)CCC1C1CC=C3CC4(CCC3=C1C(c1ccc(N)cc1)C2)OCCO4. The highest BCUT2D eigenvalue weighted by Gasteiger charge is 2.53. The summed E-state index contributed by atoms with van der Waals surface area (Å²) in [5.74, 6) is 1.59. The number of ketones is 1. The summed E-state index contributed by atoms with van der Waals surface area (Å²) in [6, 6.07) is 8.49. The van der Waals surface area contributed by atoms with Crippen LogP contribution in [-0.2, 0) is 14.3 Å². The molecule has 4 heteroatoms. The third-order valence-corrected chi connectivity index (χ3v) is 8.88. The number of fused-ring (bicyclic) bond motifs is 4. The Morgan fingerprint density at radius 3 is 2.61 bits per heavy atom. The molecule has 164 valence electrons. The van der Waals surface area contributed by atoms with Crippen LogP contribution in [0.5, 0.6) is 0 Å². The van der Waals surface area contributed by atoms with Gasteiger partial charge in [0.2, 0.25) is 0 Å². The molecule has 2 N–H and O–H groups in total. The van der Waals surface area contributed by atoms with Gasteiger partial charge in [0, 0.05) is 37.3 Å². The van der Waals surface area contributed by atoms with Gasteiger partial charge in [-0.3, -0.25) is 4.79 Å². The Morgan fingerprint density at radius 1 is 1.06 bits per heavy atom. The first-order valence-corrected chi connectivity index (χ1v) is 12.0. The molecule has 0 amide bonds. The molecule has 0 radical (unpaired) electrons. The zero-order valence-electron chi connectivity index (χ0n) is 18.5. The molecule has 0 aromatic heterocycles. The van der Waals surface area contributed by atoms with Crippen LogP contribution in [-0.4, -0.2) is 24.8 Å². The average molecular weight is 420 g/mol. The van der Waals surface area contributed by atoms with E-state index in [-0.39, 0.29) is 11.2 Å². The molecular weight excluding hydrogens is 386 g/mol. The van der Waals surface area contributed by atoms with Gasteiger partial charge in [-0.2, -0.15) is 0 Å². The molecule has 1 saturated heterocycles. The van der Waals surface area contributed by atoms with E-state index in [4.69, 9.17) is 15.2 Å². The predicted molar refractivity (Wildman–Crippen MR) is 120 cm³/mol. The average Bonchev–Trinajstić information content (AvgIpc) is 3.20. The molecule has 1 spiro atoms. The number of carbonyl (C=O) groups is 1. The van der Waals surface area contributed by atoms with Crippen LogP contribution >= 0.6 is 0 Å². The van der Waals surface area contributed by atoms with E-state index in [1.807, 2.05) is 12.1 Å². The largest absolute Gasteiger partial charge is 0.399 e. The van der Waals surface area contributed by atoms with Crippen LogP contribution in [0.3, 0.4) is 0 Å². The number of Topliss-reactive ketones (excluding diaryl/α,β-unsaturated/α-hetero) is 1. The second-order valence-corrected chi connectivity index (χ2v) is 10.7. The van der Waals surface area contributed by atoms with E-state index in [2.05, 4.69) is 25.1 Å². The standard InChI is InChI=1S/C27H33NO3/c1-26-15-20(29)7-9-24(26)22-8-4-18-14-27(30-12-13-31-27)11-10-21(18)25(22)23(16-26)17-2-5-19(28)6-3-17/h2-6,22-24H,7-16,28H2,1H3. The van der Waals surface area contributed by atoms with Gasteiger partial charge in [0.1, 0.15) is 5.78 Å². The van der Waals surface area contributed by atoms with Crippen molar-refractivity contribution in [2.24, 2.45) is 17.3 Å². The summed E-state index contributed by atoms with van der Waals surface area (Å²) in [4.78, 5) is 12.5. The van der Waals surface area contributed by atoms with Crippen molar-refractivity contribution in [3.8, 4) is 0 Å². The Kier molecular flexibility index (Phi) is 4.49. The number of benzene rings is 1. The topological polar surface area (TPSA) is 61.6 Å². The molecule has 4 aliphatic carbocycles. The third-order valence-electron chi connectivity index (χ3n) is 8.88. The van der Waals surface area contributed by atoms with E-state index in [0.29, 0.717) is 36.8 Å². The Balaban J connectivity index is 1.44. The maximum Gasteiger partial charge on any atom is 0.172 e. The summed E-state index contributed by atoms with van der Waals surface area (Å²) in [6.07, 6.45) is 10.0. The minimum Gasteiger partial charge on any atom is -0.399 e. The zero-order valence-corrected chi connectivity index (χ0v) is 18.5. The summed E-state index contributed by atoms with van der Waals surface area (Å²) in [5, 5.41) is 0. The molecule has 1 aromatic carbocycles. The first-order chi connectivity index (χ1) is 15.0. The molecule has 1 heterocycles. The van der Waals surface area contributed by atoms with E-state index in [1.54, 1.807) is 11.1 Å². The molecule has 1 aliphatic heterocycles. The number of nitrogen functional groups attached to an aromatic ring is 1. The van der Waals surface area contributed by atoms with Crippen LogP contribution in [0.25, 0.3) is 0 Å². The number of carbonyl (C=O) groups excluding carboxylic acids is 1. The molecule has 4 fully saturated rings. The first kappa shape index (κ1) is 19.8. The Morgan fingerprint density at radius 2 is 1.84 bits per heavy atom. The maximum absolute atomic E-state index is 12.5. The second-order valence-electron chi connectivity index (χ2n) is 10.7. The Bertz CT molecular complexity index is 969. The highest BCUT2D eigenvalue weighted by molar-refractivity contribution is 5.80. The van der Waals surface area contributed by atoms with Crippen LogP contribution in [0.15, 0.2) is 47.1 Å². The smallest absolute Gasteiger partial charge is 0.172 e. The lowest BCUT2D eigenvalue weighted by Crippen LogP contribution is -2.47. The molecule has 31 heavy (non-hydrogen) atoms. The van der Waals surface area contributed by atoms with E-state index in [0.717, 1.165) is 57.1 Å². The zero-order chi connectivity index (χ0) is 21.2. The van der Waals surface area contributed by atoms with Crippen molar-refractivity contribution in [1.82, 2.24) is 0 Å². The minimum absolute atomic E-state index is 0.0923. The maximum atomic E-state index is 12.5. The van der Waals surface area contributed by atoms with Crippen molar-refractivity contribution < 1.29 is 14.3 Å². The summed E-state index contributed by atoms with van der Waals surface area (Å²) >= 11 is 0. The molecule has 1 aromatic rings. The van der Waals surface area contributed by atoms with E-state index in [9.17, 15) is 4.79 Å². The lowest BCUT2D eigenvalue weighted by molar-refractivity contribution is -0.164. The highest BCUT2D eigenvalue weighted by atomic mass is 16.7. The predicted octanol–water partition coefficient (Wildman–Crippen LogP) is 5.30. The van der Waals surface area contributed by atoms with Gasteiger partial charge in [0.25, 0.3) is 0 Å². The molecule has 4 unspecified atom stereocenters. The van der Waals surface area contributed by atoms with Crippen molar-refractivity contribution in [3.05, 3.63) is 52.6 Å². The lowest BCUT2D eigenvalue weighted by Gasteiger charge is -2.55. The van der Waals surface area contributed by atoms with Gasteiger partial charge in [-0.05, 0) is 71.8 Å².